The molecule has 0 amide bonds. The fraction of sp³-hybridized carbons (Fsp3) is 0.250. The lowest BCUT2D eigenvalue weighted by atomic mass is 10.2. The first-order chi connectivity index (χ1) is 9.20. The molecule has 108 valence electrons. The normalized spacial score (nSPS) is 11.6. The lowest BCUT2D eigenvalue weighted by Crippen LogP contribution is -2.16. The molecule has 1 aromatic heterocycles. The second-order valence-electron chi connectivity index (χ2n) is 4.54. The van der Waals surface area contributed by atoms with Crippen molar-refractivity contribution in [2.75, 3.05) is 10.5 Å². The molecule has 1 aromatic carbocycles. The van der Waals surface area contributed by atoms with Gasteiger partial charge in [0.15, 0.2) is 0 Å². The van der Waals surface area contributed by atoms with E-state index in [1.54, 1.807) is 27.0 Å². The van der Waals surface area contributed by atoms with Crippen LogP contribution in [0.1, 0.15) is 11.3 Å². The molecular weight excluding hydrogens is 300 g/mol. The van der Waals surface area contributed by atoms with Crippen LogP contribution in [0.3, 0.4) is 0 Å². The Morgan fingerprint density at radius 3 is 2.50 bits per heavy atom. The van der Waals surface area contributed by atoms with Crippen LogP contribution in [0.5, 0.6) is 0 Å². The lowest BCUT2D eigenvalue weighted by Gasteiger charge is -2.11. The first-order valence-electron chi connectivity index (χ1n) is 5.80. The molecule has 2 aromatic rings. The Balaban J connectivity index is 2.46. The highest BCUT2D eigenvalue weighted by Gasteiger charge is 2.20. The second kappa shape index (κ2) is 4.99. The first kappa shape index (κ1) is 14.7. The average Bonchev–Trinajstić information content (AvgIpc) is 2.61. The number of nitrogen functional groups attached to an aromatic ring is 1. The van der Waals surface area contributed by atoms with Gasteiger partial charge in [-0.25, -0.2) is 8.42 Å². The van der Waals surface area contributed by atoms with Crippen molar-refractivity contribution in [2.45, 2.75) is 18.7 Å². The summed E-state index contributed by atoms with van der Waals surface area (Å²) in [7, 11) is -2.08. The number of hydrogen-bond acceptors (Lipinski definition) is 4. The van der Waals surface area contributed by atoms with Crippen molar-refractivity contribution in [3.05, 3.63) is 34.5 Å². The fourth-order valence-corrected chi connectivity index (χ4v) is 3.42. The van der Waals surface area contributed by atoms with Gasteiger partial charge in [-0.3, -0.25) is 9.40 Å². The summed E-state index contributed by atoms with van der Waals surface area (Å²) in [6, 6.07) is 4.52. The molecule has 3 N–H and O–H groups in total. The van der Waals surface area contributed by atoms with E-state index in [-0.39, 0.29) is 10.6 Å². The van der Waals surface area contributed by atoms with E-state index in [9.17, 15) is 8.42 Å². The van der Waals surface area contributed by atoms with Crippen LogP contribution in [-0.4, -0.2) is 18.2 Å². The number of hydrogen-bond donors (Lipinski definition) is 2. The monoisotopic (exact) mass is 314 g/mol. The predicted octanol–water partition coefficient (Wildman–Crippen LogP) is 2.07. The van der Waals surface area contributed by atoms with E-state index in [4.69, 9.17) is 17.3 Å². The highest BCUT2D eigenvalue weighted by atomic mass is 35.5. The molecule has 0 aliphatic heterocycles. The number of sulfonamides is 1. The summed E-state index contributed by atoms with van der Waals surface area (Å²) in [4.78, 5) is 0.0956. The van der Waals surface area contributed by atoms with Gasteiger partial charge in [0.2, 0.25) is 0 Å². The highest BCUT2D eigenvalue weighted by Crippen LogP contribution is 2.27. The Hall–Kier alpha value is -1.73. The fourth-order valence-electron chi connectivity index (χ4n) is 1.86. The minimum atomic E-state index is -3.74. The number of nitrogens with zero attached hydrogens (tertiary/aromatic N) is 2. The number of benzene rings is 1. The summed E-state index contributed by atoms with van der Waals surface area (Å²) < 4.78 is 28.7. The van der Waals surface area contributed by atoms with Crippen LogP contribution in [-0.2, 0) is 17.1 Å². The number of aromatic nitrogens is 2. The summed E-state index contributed by atoms with van der Waals surface area (Å²) in [5.74, 6) is 0.385. The van der Waals surface area contributed by atoms with Crippen LogP contribution < -0.4 is 10.5 Å². The predicted molar refractivity (Wildman–Crippen MR) is 79.4 cm³/mol. The van der Waals surface area contributed by atoms with Crippen molar-refractivity contribution in [3.63, 3.8) is 0 Å². The molecule has 0 radical (unpaired) electrons. The van der Waals surface area contributed by atoms with Crippen molar-refractivity contribution >= 4 is 33.1 Å². The third-order valence-corrected chi connectivity index (χ3v) is 4.65. The van der Waals surface area contributed by atoms with Gasteiger partial charge in [0, 0.05) is 13.1 Å². The minimum absolute atomic E-state index is 0.0956. The van der Waals surface area contributed by atoms with Gasteiger partial charge in [0.05, 0.1) is 21.3 Å². The van der Waals surface area contributed by atoms with Crippen LogP contribution in [0, 0.1) is 13.8 Å². The van der Waals surface area contributed by atoms with Gasteiger partial charge in [-0.15, -0.1) is 0 Å². The molecule has 0 unspecified atom stereocenters. The van der Waals surface area contributed by atoms with Gasteiger partial charge in [0.25, 0.3) is 10.0 Å². The molecule has 0 fully saturated rings. The van der Waals surface area contributed by atoms with E-state index in [2.05, 4.69) is 9.82 Å². The highest BCUT2D eigenvalue weighted by molar-refractivity contribution is 7.92. The summed E-state index contributed by atoms with van der Waals surface area (Å²) in [6.07, 6.45) is 0. The quantitative estimate of drug-likeness (QED) is 0.849. The Labute approximate surface area is 122 Å². The Bertz CT molecular complexity index is 768. The maximum Gasteiger partial charge on any atom is 0.263 e. The van der Waals surface area contributed by atoms with Crippen molar-refractivity contribution in [1.29, 1.82) is 0 Å². The van der Waals surface area contributed by atoms with Crippen LogP contribution in [0.2, 0.25) is 5.02 Å². The standard InChI is InChI=1S/C12H15ClN4O2S/c1-7-4-9(13)10(14)6-11(7)20(18,19)16-12-5-8(2)15-17(12)3/h4-6,16H,14H2,1-3H3. The second-order valence-corrected chi connectivity index (χ2v) is 6.60. The van der Waals surface area contributed by atoms with Crippen LogP contribution in [0.15, 0.2) is 23.1 Å². The lowest BCUT2D eigenvalue weighted by molar-refractivity contribution is 0.599. The maximum atomic E-state index is 12.4. The summed E-state index contributed by atoms with van der Waals surface area (Å²) >= 11 is 5.87. The van der Waals surface area contributed by atoms with E-state index in [0.29, 0.717) is 16.4 Å². The Morgan fingerprint density at radius 1 is 1.30 bits per heavy atom. The molecular formula is C12H15ClN4O2S. The first-order valence-corrected chi connectivity index (χ1v) is 7.66. The van der Waals surface area contributed by atoms with Gasteiger partial charge in [-0.2, -0.15) is 5.10 Å². The topological polar surface area (TPSA) is 90.0 Å². The van der Waals surface area contributed by atoms with Crippen molar-refractivity contribution in [1.82, 2.24) is 9.78 Å². The van der Waals surface area contributed by atoms with Gasteiger partial charge < -0.3 is 5.73 Å². The molecule has 0 bridgehead atoms. The third kappa shape index (κ3) is 2.73. The SMILES string of the molecule is Cc1cc(NS(=O)(=O)c2cc(N)c(Cl)cc2C)n(C)n1. The number of rotatable bonds is 3. The molecule has 0 aliphatic rings. The summed E-state index contributed by atoms with van der Waals surface area (Å²) in [5.41, 5.74) is 7.14. The van der Waals surface area contributed by atoms with E-state index >= 15 is 0 Å². The number of nitrogens with two attached hydrogens (primary N) is 1. The minimum Gasteiger partial charge on any atom is -0.397 e. The molecule has 0 atom stereocenters. The van der Waals surface area contributed by atoms with Crippen LogP contribution >= 0.6 is 11.6 Å². The molecule has 6 nitrogen and oxygen atoms in total. The maximum absolute atomic E-state index is 12.4. The molecule has 1 heterocycles. The zero-order chi connectivity index (χ0) is 15.1. The van der Waals surface area contributed by atoms with E-state index < -0.39 is 10.0 Å². The van der Waals surface area contributed by atoms with Gasteiger partial charge >= 0.3 is 0 Å². The molecule has 20 heavy (non-hydrogen) atoms. The van der Waals surface area contributed by atoms with Gasteiger partial charge in [0.1, 0.15) is 5.82 Å². The van der Waals surface area contributed by atoms with E-state index in [0.717, 1.165) is 5.69 Å². The number of anilines is 2. The van der Waals surface area contributed by atoms with Gasteiger partial charge in [-0.1, -0.05) is 11.6 Å². The molecule has 0 saturated carbocycles. The molecule has 8 heteroatoms. The summed E-state index contributed by atoms with van der Waals surface area (Å²) in [6.45, 7) is 3.44. The summed E-state index contributed by atoms with van der Waals surface area (Å²) in [5, 5.41) is 4.42. The number of nitrogens with one attached hydrogen (secondary N) is 1. The largest absolute Gasteiger partial charge is 0.397 e. The van der Waals surface area contributed by atoms with Crippen molar-refractivity contribution in [2.24, 2.45) is 7.05 Å². The Morgan fingerprint density at radius 2 is 1.95 bits per heavy atom. The number of halogens is 1. The smallest absolute Gasteiger partial charge is 0.263 e. The zero-order valence-corrected chi connectivity index (χ0v) is 12.9. The zero-order valence-electron chi connectivity index (χ0n) is 11.3. The van der Waals surface area contributed by atoms with Gasteiger partial charge in [-0.05, 0) is 31.5 Å². The Kier molecular flexibility index (Phi) is 3.66. The third-order valence-electron chi connectivity index (χ3n) is 2.82. The van der Waals surface area contributed by atoms with E-state index in [1.165, 1.54) is 16.8 Å². The molecule has 0 spiro atoms. The molecule has 0 aliphatic carbocycles. The number of aryl methyl sites for hydroxylation is 3. The van der Waals surface area contributed by atoms with Crippen molar-refractivity contribution in [3.8, 4) is 0 Å². The average molecular weight is 315 g/mol. The van der Waals surface area contributed by atoms with Crippen molar-refractivity contribution < 1.29 is 8.42 Å². The molecule has 2 rings (SSSR count). The van der Waals surface area contributed by atoms with Crippen LogP contribution in [0.4, 0.5) is 11.5 Å². The van der Waals surface area contributed by atoms with Crippen LogP contribution in [0.25, 0.3) is 0 Å². The van der Waals surface area contributed by atoms with E-state index in [1.807, 2.05) is 0 Å². The molecule has 0 saturated heterocycles.